The SMILES string of the molecule is CCCC1CCC(N)C(c2cnn(CCC)c2)C1. The molecule has 1 aromatic heterocycles. The van der Waals surface area contributed by atoms with Crippen molar-refractivity contribution in [3.8, 4) is 0 Å². The van der Waals surface area contributed by atoms with Gasteiger partial charge in [-0.1, -0.05) is 26.7 Å². The monoisotopic (exact) mass is 249 g/mol. The molecule has 3 nitrogen and oxygen atoms in total. The van der Waals surface area contributed by atoms with Gasteiger partial charge in [-0.3, -0.25) is 4.68 Å². The molecule has 0 radical (unpaired) electrons. The largest absolute Gasteiger partial charge is 0.327 e. The van der Waals surface area contributed by atoms with Crippen LogP contribution in [0.5, 0.6) is 0 Å². The third kappa shape index (κ3) is 3.14. The van der Waals surface area contributed by atoms with Crippen molar-refractivity contribution < 1.29 is 0 Å². The van der Waals surface area contributed by atoms with Crippen molar-refractivity contribution in [3.63, 3.8) is 0 Å². The lowest BCUT2D eigenvalue weighted by Gasteiger charge is -2.33. The van der Waals surface area contributed by atoms with Crippen molar-refractivity contribution in [3.05, 3.63) is 18.0 Å². The Morgan fingerprint density at radius 2 is 2.17 bits per heavy atom. The smallest absolute Gasteiger partial charge is 0.0525 e. The molecule has 2 N–H and O–H groups in total. The Morgan fingerprint density at radius 3 is 2.89 bits per heavy atom. The van der Waals surface area contributed by atoms with Gasteiger partial charge in [-0.05, 0) is 37.2 Å². The Morgan fingerprint density at radius 1 is 1.33 bits per heavy atom. The molecule has 1 aromatic rings. The quantitative estimate of drug-likeness (QED) is 0.870. The molecular formula is C15H27N3. The molecule has 1 heterocycles. The summed E-state index contributed by atoms with van der Waals surface area (Å²) in [6.07, 6.45) is 11.8. The van der Waals surface area contributed by atoms with E-state index in [0.29, 0.717) is 12.0 Å². The average molecular weight is 249 g/mol. The van der Waals surface area contributed by atoms with Crippen LogP contribution in [0, 0.1) is 5.92 Å². The lowest BCUT2D eigenvalue weighted by Crippen LogP contribution is -2.34. The van der Waals surface area contributed by atoms with Gasteiger partial charge in [0, 0.05) is 24.7 Å². The third-order valence-electron chi connectivity index (χ3n) is 4.24. The highest BCUT2D eigenvalue weighted by Crippen LogP contribution is 2.37. The van der Waals surface area contributed by atoms with E-state index in [1.807, 2.05) is 6.20 Å². The summed E-state index contributed by atoms with van der Waals surface area (Å²) in [5.41, 5.74) is 7.67. The molecule has 0 aliphatic heterocycles. The first-order valence-corrected chi connectivity index (χ1v) is 7.52. The summed E-state index contributed by atoms with van der Waals surface area (Å²) in [6, 6.07) is 0.331. The highest BCUT2D eigenvalue weighted by Gasteiger charge is 2.29. The van der Waals surface area contributed by atoms with E-state index in [0.717, 1.165) is 18.9 Å². The fraction of sp³-hybridized carbons (Fsp3) is 0.800. The van der Waals surface area contributed by atoms with E-state index in [4.69, 9.17) is 5.73 Å². The minimum Gasteiger partial charge on any atom is -0.327 e. The normalized spacial score (nSPS) is 28.5. The van der Waals surface area contributed by atoms with Crippen molar-refractivity contribution in [1.82, 2.24) is 9.78 Å². The van der Waals surface area contributed by atoms with Crippen molar-refractivity contribution in [1.29, 1.82) is 0 Å². The topological polar surface area (TPSA) is 43.8 Å². The summed E-state index contributed by atoms with van der Waals surface area (Å²) >= 11 is 0. The lowest BCUT2D eigenvalue weighted by molar-refractivity contribution is 0.274. The molecule has 3 atom stereocenters. The van der Waals surface area contributed by atoms with Gasteiger partial charge in [-0.15, -0.1) is 0 Å². The van der Waals surface area contributed by atoms with Gasteiger partial charge in [-0.2, -0.15) is 5.10 Å². The predicted molar refractivity (Wildman–Crippen MR) is 75.5 cm³/mol. The summed E-state index contributed by atoms with van der Waals surface area (Å²) < 4.78 is 2.06. The van der Waals surface area contributed by atoms with Crippen LogP contribution in [0.3, 0.4) is 0 Å². The molecule has 0 aromatic carbocycles. The van der Waals surface area contributed by atoms with Crippen LogP contribution < -0.4 is 5.73 Å². The van der Waals surface area contributed by atoms with Crippen LogP contribution in [0.1, 0.15) is 63.9 Å². The Hall–Kier alpha value is -0.830. The fourth-order valence-electron chi connectivity index (χ4n) is 3.26. The van der Waals surface area contributed by atoms with Crippen molar-refractivity contribution in [2.24, 2.45) is 11.7 Å². The molecule has 1 aliphatic rings. The van der Waals surface area contributed by atoms with Crippen molar-refractivity contribution in [2.45, 2.75) is 70.9 Å². The van der Waals surface area contributed by atoms with E-state index in [9.17, 15) is 0 Å². The standard InChI is InChI=1S/C15H27N3/c1-3-5-12-6-7-15(16)14(9-12)13-10-17-18(11-13)8-4-2/h10-12,14-15H,3-9,16H2,1-2H3. The summed E-state index contributed by atoms with van der Waals surface area (Å²) in [5, 5.41) is 4.45. The summed E-state index contributed by atoms with van der Waals surface area (Å²) in [6.45, 7) is 5.48. The zero-order valence-electron chi connectivity index (χ0n) is 11.8. The number of hydrogen-bond donors (Lipinski definition) is 1. The van der Waals surface area contributed by atoms with Gasteiger partial charge in [0.1, 0.15) is 0 Å². The van der Waals surface area contributed by atoms with Crippen LogP contribution in [0.2, 0.25) is 0 Å². The molecule has 102 valence electrons. The van der Waals surface area contributed by atoms with Gasteiger partial charge in [0.05, 0.1) is 6.20 Å². The second-order valence-electron chi connectivity index (χ2n) is 5.77. The van der Waals surface area contributed by atoms with E-state index >= 15 is 0 Å². The van der Waals surface area contributed by atoms with Crippen LogP contribution in [0.25, 0.3) is 0 Å². The molecule has 1 saturated carbocycles. The minimum absolute atomic E-state index is 0.331. The molecule has 0 bridgehead atoms. The Bertz CT molecular complexity index is 358. The highest BCUT2D eigenvalue weighted by molar-refractivity contribution is 5.15. The van der Waals surface area contributed by atoms with Crippen LogP contribution in [0.15, 0.2) is 12.4 Å². The van der Waals surface area contributed by atoms with Crippen molar-refractivity contribution >= 4 is 0 Å². The Labute approximate surface area is 111 Å². The molecule has 0 spiro atoms. The first-order valence-electron chi connectivity index (χ1n) is 7.52. The molecule has 1 aliphatic carbocycles. The molecule has 3 unspecified atom stereocenters. The second kappa shape index (κ2) is 6.37. The average Bonchev–Trinajstić information content (AvgIpc) is 2.81. The van der Waals surface area contributed by atoms with Gasteiger partial charge in [-0.25, -0.2) is 0 Å². The maximum absolute atomic E-state index is 6.32. The summed E-state index contributed by atoms with van der Waals surface area (Å²) in [5.74, 6) is 1.40. The van der Waals surface area contributed by atoms with E-state index in [1.54, 1.807) is 0 Å². The van der Waals surface area contributed by atoms with Crippen molar-refractivity contribution in [2.75, 3.05) is 0 Å². The number of rotatable bonds is 5. The first-order chi connectivity index (χ1) is 8.74. The highest BCUT2D eigenvalue weighted by atomic mass is 15.3. The number of aryl methyl sites for hydroxylation is 1. The number of nitrogens with zero attached hydrogens (tertiary/aromatic N) is 2. The van der Waals surface area contributed by atoms with E-state index in [-0.39, 0.29) is 0 Å². The van der Waals surface area contributed by atoms with Crippen LogP contribution >= 0.6 is 0 Å². The number of nitrogens with two attached hydrogens (primary N) is 1. The first kappa shape index (κ1) is 13.6. The predicted octanol–water partition coefficient (Wildman–Crippen LogP) is 3.30. The second-order valence-corrected chi connectivity index (χ2v) is 5.77. The van der Waals surface area contributed by atoms with Crippen LogP contribution in [0.4, 0.5) is 0 Å². The lowest BCUT2D eigenvalue weighted by atomic mass is 9.74. The Balaban J connectivity index is 2.03. The van der Waals surface area contributed by atoms with Gasteiger partial charge in [0.15, 0.2) is 0 Å². The number of aromatic nitrogens is 2. The maximum Gasteiger partial charge on any atom is 0.0525 e. The third-order valence-corrected chi connectivity index (χ3v) is 4.24. The van der Waals surface area contributed by atoms with Gasteiger partial charge in [0.2, 0.25) is 0 Å². The van der Waals surface area contributed by atoms with Gasteiger partial charge < -0.3 is 5.73 Å². The van der Waals surface area contributed by atoms with Gasteiger partial charge >= 0.3 is 0 Å². The molecule has 2 rings (SSSR count). The maximum atomic E-state index is 6.32. The van der Waals surface area contributed by atoms with Gasteiger partial charge in [0.25, 0.3) is 0 Å². The molecule has 1 fully saturated rings. The van der Waals surface area contributed by atoms with Crippen LogP contribution in [-0.4, -0.2) is 15.8 Å². The number of hydrogen-bond acceptors (Lipinski definition) is 2. The molecule has 3 heteroatoms. The molecule has 0 amide bonds. The van der Waals surface area contributed by atoms with E-state index in [2.05, 4.69) is 29.8 Å². The molecule has 0 saturated heterocycles. The van der Waals surface area contributed by atoms with E-state index < -0.39 is 0 Å². The molecule has 18 heavy (non-hydrogen) atoms. The van der Waals surface area contributed by atoms with Crippen LogP contribution in [-0.2, 0) is 6.54 Å². The summed E-state index contributed by atoms with van der Waals surface area (Å²) in [7, 11) is 0. The zero-order valence-corrected chi connectivity index (χ0v) is 11.8. The zero-order chi connectivity index (χ0) is 13.0. The Kier molecular flexibility index (Phi) is 4.81. The molecular weight excluding hydrogens is 222 g/mol. The van der Waals surface area contributed by atoms with E-state index in [1.165, 1.54) is 37.7 Å². The minimum atomic E-state index is 0.331. The summed E-state index contributed by atoms with van der Waals surface area (Å²) in [4.78, 5) is 0. The fourth-order valence-corrected chi connectivity index (χ4v) is 3.26.